The number of aryl methyl sites for hydroxylation is 2. The predicted octanol–water partition coefficient (Wildman–Crippen LogP) is 4.65. The fourth-order valence-corrected chi connectivity index (χ4v) is 4.17. The molecule has 0 saturated carbocycles. The first kappa shape index (κ1) is 22.9. The Hall–Kier alpha value is -4.26. The molecule has 1 aliphatic heterocycles. The van der Waals surface area contributed by atoms with Crippen LogP contribution in [0.2, 0.25) is 0 Å². The number of hydrogen-bond acceptors (Lipinski definition) is 6. The van der Waals surface area contributed by atoms with Crippen molar-refractivity contribution in [3.63, 3.8) is 0 Å². The van der Waals surface area contributed by atoms with Crippen LogP contribution in [-0.4, -0.2) is 36.1 Å². The van der Waals surface area contributed by atoms with E-state index in [4.69, 9.17) is 9.47 Å². The Kier molecular flexibility index (Phi) is 6.03. The van der Waals surface area contributed by atoms with Gasteiger partial charge < -0.3 is 19.7 Å². The third-order valence-electron chi connectivity index (χ3n) is 5.94. The fraction of sp³-hybridized carbons (Fsp3) is 0.185. The first-order valence-electron chi connectivity index (χ1n) is 10.7. The molecule has 1 fully saturated rings. The molecule has 4 rings (SSSR count). The molecule has 0 spiro atoms. The Morgan fingerprint density at radius 1 is 0.912 bits per heavy atom. The second-order valence-corrected chi connectivity index (χ2v) is 8.12. The average molecular weight is 459 g/mol. The molecule has 3 aromatic carbocycles. The first-order chi connectivity index (χ1) is 16.3. The number of carbonyl (C=O) groups excluding carboxylic acids is 2. The summed E-state index contributed by atoms with van der Waals surface area (Å²) in [5.74, 6) is -1.07. The van der Waals surface area contributed by atoms with Gasteiger partial charge in [-0.15, -0.1) is 0 Å². The van der Waals surface area contributed by atoms with Gasteiger partial charge in [0.1, 0.15) is 23.0 Å². The minimum absolute atomic E-state index is 0.0456. The molecular formula is C27H25NO6. The van der Waals surface area contributed by atoms with Crippen molar-refractivity contribution < 1.29 is 29.3 Å². The van der Waals surface area contributed by atoms with Gasteiger partial charge >= 0.3 is 0 Å². The van der Waals surface area contributed by atoms with Gasteiger partial charge in [0, 0.05) is 11.8 Å². The smallest absolute Gasteiger partial charge is 0.300 e. The summed E-state index contributed by atoms with van der Waals surface area (Å²) in [7, 11) is 2.95. The minimum Gasteiger partial charge on any atom is -0.508 e. The van der Waals surface area contributed by atoms with E-state index in [2.05, 4.69) is 0 Å². The monoisotopic (exact) mass is 459 g/mol. The van der Waals surface area contributed by atoms with E-state index in [0.717, 1.165) is 11.1 Å². The standard InChI is InChI=1S/C27H25NO6/c1-15-5-6-16(2)21(13-15)28-24(17-7-9-18(29)10-8-17)23(26(31)27(28)32)25(30)20-12-11-19(33-3)14-22(20)34-4/h5-14,24,29-30H,1-4H3/b25-23-. The van der Waals surface area contributed by atoms with Crippen LogP contribution in [-0.2, 0) is 9.59 Å². The van der Waals surface area contributed by atoms with Crippen LogP contribution in [0.25, 0.3) is 5.76 Å². The molecule has 7 nitrogen and oxygen atoms in total. The van der Waals surface area contributed by atoms with E-state index in [1.54, 1.807) is 30.3 Å². The number of hydrogen-bond donors (Lipinski definition) is 2. The second kappa shape index (κ2) is 8.94. The van der Waals surface area contributed by atoms with Crippen molar-refractivity contribution in [2.45, 2.75) is 19.9 Å². The van der Waals surface area contributed by atoms with Crippen LogP contribution < -0.4 is 14.4 Å². The number of nitrogens with zero attached hydrogens (tertiary/aromatic N) is 1. The first-order valence-corrected chi connectivity index (χ1v) is 10.7. The molecular weight excluding hydrogens is 434 g/mol. The average Bonchev–Trinajstić information content (AvgIpc) is 3.10. The number of amides is 1. The van der Waals surface area contributed by atoms with Gasteiger partial charge in [0.25, 0.3) is 11.7 Å². The summed E-state index contributed by atoms with van der Waals surface area (Å²) >= 11 is 0. The number of benzene rings is 3. The Labute approximate surface area is 197 Å². The molecule has 1 amide bonds. The summed E-state index contributed by atoms with van der Waals surface area (Å²) in [6.07, 6.45) is 0. The van der Waals surface area contributed by atoms with Crippen molar-refractivity contribution in [2.24, 2.45) is 0 Å². The van der Waals surface area contributed by atoms with Gasteiger partial charge in [-0.3, -0.25) is 14.5 Å². The summed E-state index contributed by atoms with van der Waals surface area (Å²) in [5.41, 5.74) is 3.04. The topological polar surface area (TPSA) is 96.3 Å². The summed E-state index contributed by atoms with van der Waals surface area (Å²) in [5, 5.41) is 21.2. The van der Waals surface area contributed by atoms with Crippen molar-refractivity contribution in [3.8, 4) is 17.2 Å². The van der Waals surface area contributed by atoms with Gasteiger partial charge in [-0.1, -0.05) is 24.3 Å². The molecule has 3 aromatic rings. The van der Waals surface area contributed by atoms with Gasteiger partial charge in [-0.05, 0) is 60.9 Å². The van der Waals surface area contributed by atoms with E-state index >= 15 is 0 Å². The Balaban J connectivity index is 1.99. The van der Waals surface area contributed by atoms with Crippen molar-refractivity contribution in [3.05, 3.63) is 88.5 Å². The summed E-state index contributed by atoms with van der Waals surface area (Å²) in [6, 6.07) is 15.7. The molecule has 1 saturated heterocycles. The highest BCUT2D eigenvalue weighted by atomic mass is 16.5. The number of rotatable bonds is 5. The Morgan fingerprint density at radius 2 is 1.62 bits per heavy atom. The molecule has 1 atom stereocenters. The van der Waals surface area contributed by atoms with Crippen molar-refractivity contribution >= 4 is 23.1 Å². The third-order valence-corrected chi connectivity index (χ3v) is 5.94. The Morgan fingerprint density at radius 3 is 2.26 bits per heavy atom. The molecule has 0 bridgehead atoms. The highest BCUT2D eigenvalue weighted by Gasteiger charge is 2.47. The number of aromatic hydroxyl groups is 1. The molecule has 7 heteroatoms. The lowest BCUT2D eigenvalue weighted by Gasteiger charge is -2.27. The lowest BCUT2D eigenvalue weighted by molar-refractivity contribution is -0.132. The molecule has 1 aliphatic rings. The predicted molar refractivity (Wildman–Crippen MR) is 128 cm³/mol. The number of aliphatic hydroxyl groups is 1. The molecule has 0 radical (unpaired) electrons. The minimum atomic E-state index is -0.909. The van der Waals surface area contributed by atoms with Gasteiger partial charge in [0.15, 0.2) is 0 Å². The van der Waals surface area contributed by atoms with E-state index in [-0.39, 0.29) is 22.6 Å². The van der Waals surface area contributed by atoms with Gasteiger partial charge in [-0.2, -0.15) is 0 Å². The van der Waals surface area contributed by atoms with Crippen LogP contribution in [0.5, 0.6) is 17.2 Å². The van der Waals surface area contributed by atoms with Gasteiger partial charge in [0.2, 0.25) is 0 Å². The Bertz CT molecular complexity index is 1310. The van der Waals surface area contributed by atoms with Crippen LogP contribution in [0, 0.1) is 13.8 Å². The van der Waals surface area contributed by atoms with E-state index in [9.17, 15) is 19.8 Å². The van der Waals surface area contributed by atoms with Crippen molar-refractivity contribution in [1.82, 2.24) is 0 Å². The quantitative estimate of drug-likeness (QED) is 0.328. The number of ketones is 1. The number of anilines is 1. The number of methoxy groups -OCH3 is 2. The molecule has 0 aromatic heterocycles. The van der Waals surface area contributed by atoms with Gasteiger partial charge in [-0.25, -0.2) is 0 Å². The molecule has 0 aliphatic carbocycles. The molecule has 174 valence electrons. The number of Topliss-reactive ketones (excluding diaryl/α,β-unsaturated/α-hetero) is 1. The number of phenols is 1. The fourth-order valence-electron chi connectivity index (χ4n) is 4.17. The van der Waals surface area contributed by atoms with Gasteiger partial charge in [0.05, 0.1) is 31.4 Å². The van der Waals surface area contributed by atoms with Crippen molar-refractivity contribution in [1.29, 1.82) is 0 Å². The highest BCUT2D eigenvalue weighted by molar-refractivity contribution is 6.51. The van der Waals surface area contributed by atoms with E-state index in [0.29, 0.717) is 22.7 Å². The number of carbonyl (C=O) groups is 2. The zero-order valence-electron chi connectivity index (χ0n) is 19.3. The summed E-state index contributed by atoms with van der Waals surface area (Å²) < 4.78 is 10.6. The van der Waals surface area contributed by atoms with E-state index in [1.165, 1.54) is 31.3 Å². The van der Waals surface area contributed by atoms with Crippen molar-refractivity contribution in [2.75, 3.05) is 19.1 Å². The molecule has 1 heterocycles. The molecule has 2 N–H and O–H groups in total. The lowest BCUT2D eigenvalue weighted by atomic mass is 9.94. The number of aliphatic hydroxyl groups excluding tert-OH is 1. The van der Waals surface area contributed by atoms with Crippen LogP contribution in [0.1, 0.15) is 28.3 Å². The maximum atomic E-state index is 13.4. The zero-order valence-corrected chi connectivity index (χ0v) is 19.3. The van der Waals surface area contributed by atoms with E-state index in [1.807, 2.05) is 32.0 Å². The lowest BCUT2D eigenvalue weighted by Crippen LogP contribution is -2.30. The van der Waals surface area contributed by atoms with Crippen LogP contribution in [0.15, 0.2) is 66.2 Å². The highest BCUT2D eigenvalue weighted by Crippen LogP contribution is 2.44. The zero-order chi connectivity index (χ0) is 24.6. The van der Waals surface area contributed by atoms with E-state index < -0.39 is 17.7 Å². The van der Waals surface area contributed by atoms with Crippen LogP contribution >= 0.6 is 0 Å². The normalized spacial score (nSPS) is 17.2. The molecule has 34 heavy (non-hydrogen) atoms. The summed E-state index contributed by atoms with van der Waals surface area (Å²) in [4.78, 5) is 28.1. The third kappa shape index (κ3) is 3.85. The maximum absolute atomic E-state index is 13.4. The summed E-state index contributed by atoms with van der Waals surface area (Å²) in [6.45, 7) is 3.76. The largest absolute Gasteiger partial charge is 0.508 e. The maximum Gasteiger partial charge on any atom is 0.300 e. The second-order valence-electron chi connectivity index (χ2n) is 8.12. The number of phenolic OH excluding ortho intramolecular Hbond substituents is 1. The number of ether oxygens (including phenoxy) is 2. The van der Waals surface area contributed by atoms with Crippen LogP contribution in [0.3, 0.4) is 0 Å². The SMILES string of the molecule is COc1ccc(/C(O)=C2/C(=O)C(=O)N(c3cc(C)ccc3C)C2c2ccc(O)cc2)c(OC)c1. The van der Waals surface area contributed by atoms with Crippen LogP contribution in [0.4, 0.5) is 5.69 Å². The molecule has 1 unspecified atom stereocenters.